The zero-order chi connectivity index (χ0) is 19.3. The predicted octanol–water partition coefficient (Wildman–Crippen LogP) is 4.19. The Kier molecular flexibility index (Phi) is 5.86. The number of aromatic nitrogens is 4. The van der Waals surface area contributed by atoms with Crippen molar-refractivity contribution in [2.45, 2.75) is 51.1 Å². The van der Waals surface area contributed by atoms with E-state index in [1.54, 1.807) is 0 Å². The standard InChI is InChI=1S/C22H30N6/c1-27(2)14-15-28-16-19(18-10-7-12-23-21(18)28)20-11-13-24-22(26-20)25-17-8-5-3-4-6-9-17/h7,10-13,16-17H,3-6,8-9,14-15H2,1-2H3,(H,24,25,26). The fourth-order valence-electron chi connectivity index (χ4n) is 3.99. The van der Waals surface area contributed by atoms with Crippen LogP contribution in [0.2, 0.25) is 0 Å². The van der Waals surface area contributed by atoms with Gasteiger partial charge in [0.25, 0.3) is 0 Å². The van der Waals surface area contributed by atoms with Gasteiger partial charge in [0, 0.05) is 48.7 Å². The van der Waals surface area contributed by atoms with Gasteiger partial charge in [-0.25, -0.2) is 15.0 Å². The van der Waals surface area contributed by atoms with Gasteiger partial charge >= 0.3 is 0 Å². The van der Waals surface area contributed by atoms with Gasteiger partial charge in [0.15, 0.2) is 0 Å². The summed E-state index contributed by atoms with van der Waals surface area (Å²) in [6, 6.07) is 6.61. The average Bonchev–Trinajstić information content (AvgIpc) is 2.87. The van der Waals surface area contributed by atoms with E-state index in [0.29, 0.717) is 6.04 Å². The molecule has 0 atom stereocenters. The largest absolute Gasteiger partial charge is 0.351 e. The Bertz CT molecular complexity index is 908. The molecule has 1 aliphatic rings. The molecule has 0 spiro atoms. The molecule has 6 nitrogen and oxygen atoms in total. The second-order valence-corrected chi connectivity index (χ2v) is 8.01. The summed E-state index contributed by atoms with van der Waals surface area (Å²) in [5.41, 5.74) is 3.08. The summed E-state index contributed by atoms with van der Waals surface area (Å²) in [6.07, 6.45) is 13.6. The van der Waals surface area contributed by atoms with E-state index in [9.17, 15) is 0 Å². The molecule has 4 rings (SSSR count). The van der Waals surface area contributed by atoms with Gasteiger partial charge in [0.1, 0.15) is 5.65 Å². The lowest BCUT2D eigenvalue weighted by molar-refractivity contribution is 0.386. The molecule has 6 heteroatoms. The minimum Gasteiger partial charge on any atom is -0.351 e. The molecule has 3 aromatic heterocycles. The van der Waals surface area contributed by atoms with Crippen molar-refractivity contribution in [2.24, 2.45) is 0 Å². The van der Waals surface area contributed by atoms with Crippen molar-refractivity contribution >= 4 is 17.0 Å². The van der Waals surface area contributed by atoms with Crippen LogP contribution in [0.4, 0.5) is 5.95 Å². The zero-order valence-corrected chi connectivity index (χ0v) is 16.9. The van der Waals surface area contributed by atoms with Crippen LogP contribution in [0.5, 0.6) is 0 Å². The first-order valence-corrected chi connectivity index (χ1v) is 10.4. The van der Waals surface area contributed by atoms with Crippen LogP contribution in [0.3, 0.4) is 0 Å². The molecular weight excluding hydrogens is 348 g/mol. The number of nitrogens with zero attached hydrogens (tertiary/aromatic N) is 5. The van der Waals surface area contributed by atoms with Crippen LogP contribution in [0.15, 0.2) is 36.8 Å². The van der Waals surface area contributed by atoms with Crippen molar-refractivity contribution < 1.29 is 0 Å². The second-order valence-electron chi connectivity index (χ2n) is 8.01. The molecule has 3 heterocycles. The van der Waals surface area contributed by atoms with Crippen LogP contribution in [-0.4, -0.2) is 51.1 Å². The molecule has 148 valence electrons. The fourth-order valence-corrected chi connectivity index (χ4v) is 3.99. The van der Waals surface area contributed by atoms with Crippen LogP contribution in [0.1, 0.15) is 38.5 Å². The first kappa shape index (κ1) is 18.9. The summed E-state index contributed by atoms with van der Waals surface area (Å²) in [5.74, 6) is 0.738. The van der Waals surface area contributed by atoms with Gasteiger partial charge in [0.05, 0.1) is 5.69 Å². The van der Waals surface area contributed by atoms with Crippen molar-refractivity contribution in [3.05, 3.63) is 36.8 Å². The summed E-state index contributed by atoms with van der Waals surface area (Å²) in [6.45, 7) is 1.87. The molecule has 0 aromatic carbocycles. The van der Waals surface area contributed by atoms with Crippen LogP contribution in [0.25, 0.3) is 22.3 Å². The minimum absolute atomic E-state index is 0.487. The third kappa shape index (κ3) is 4.33. The van der Waals surface area contributed by atoms with Crippen LogP contribution in [0, 0.1) is 0 Å². The van der Waals surface area contributed by atoms with Gasteiger partial charge in [-0.05, 0) is 45.1 Å². The number of anilines is 1. The minimum atomic E-state index is 0.487. The van der Waals surface area contributed by atoms with Gasteiger partial charge < -0.3 is 14.8 Å². The number of hydrogen-bond donors (Lipinski definition) is 1. The van der Waals surface area contributed by atoms with Crippen molar-refractivity contribution in [1.29, 1.82) is 0 Å². The Morgan fingerprint density at radius 1 is 1.07 bits per heavy atom. The zero-order valence-electron chi connectivity index (χ0n) is 16.9. The maximum absolute atomic E-state index is 4.85. The highest BCUT2D eigenvalue weighted by molar-refractivity contribution is 5.93. The van der Waals surface area contributed by atoms with Gasteiger partial charge in [-0.1, -0.05) is 25.7 Å². The lowest BCUT2D eigenvalue weighted by atomic mass is 10.1. The highest BCUT2D eigenvalue weighted by atomic mass is 15.1. The quantitative estimate of drug-likeness (QED) is 0.652. The molecule has 1 saturated carbocycles. The summed E-state index contributed by atoms with van der Waals surface area (Å²) < 4.78 is 2.23. The first-order valence-electron chi connectivity index (χ1n) is 10.4. The fraction of sp³-hybridized carbons (Fsp3) is 0.500. The molecule has 1 aliphatic carbocycles. The third-order valence-electron chi connectivity index (χ3n) is 5.54. The van der Waals surface area contributed by atoms with E-state index >= 15 is 0 Å². The monoisotopic (exact) mass is 378 g/mol. The van der Waals surface area contributed by atoms with E-state index in [-0.39, 0.29) is 0 Å². The highest BCUT2D eigenvalue weighted by Gasteiger charge is 2.16. The molecule has 1 N–H and O–H groups in total. The van der Waals surface area contributed by atoms with Crippen molar-refractivity contribution in [1.82, 2.24) is 24.4 Å². The number of rotatable bonds is 6. The van der Waals surface area contributed by atoms with E-state index in [4.69, 9.17) is 4.98 Å². The molecule has 0 saturated heterocycles. The van der Waals surface area contributed by atoms with Crippen LogP contribution < -0.4 is 5.32 Å². The molecule has 28 heavy (non-hydrogen) atoms. The summed E-state index contributed by atoms with van der Waals surface area (Å²) in [4.78, 5) is 16.1. The first-order chi connectivity index (χ1) is 13.7. The van der Waals surface area contributed by atoms with E-state index in [1.807, 2.05) is 24.5 Å². The number of likely N-dealkylation sites (N-methyl/N-ethyl adjacent to an activating group) is 1. The summed E-state index contributed by atoms with van der Waals surface area (Å²) in [7, 11) is 4.19. The Morgan fingerprint density at radius 3 is 2.68 bits per heavy atom. The molecule has 0 bridgehead atoms. The SMILES string of the molecule is CN(C)CCn1cc(-c2ccnc(NC3CCCCCC3)n2)c2cccnc21. The van der Waals surface area contributed by atoms with Crippen LogP contribution in [-0.2, 0) is 6.54 Å². The number of nitrogens with one attached hydrogen (secondary N) is 1. The maximum Gasteiger partial charge on any atom is 0.223 e. The molecular formula is C22H30N6. The van der Waals surface area contributed by atoms with Gasteiger partial charge in [0.2, 0.25) is 5.95 Å². The van der Waals surface area contributed by atoms with E-state index in [2.05, 4.69) is 51.1 Å². The van der Waals surface area contributed by atoms with Crippen molar-refractivity contribution in [2.75, 3.05) is 26.0 Å². The Hall–Kier alpha value is -2.47. The Labute approximate surface area is 167 Å². The lowest BCUT2D eigenvalue weighted by Gasteiger charge is -2.16. The van der Waals surface area contributed by atoms with Crippen molar-refractivity contribution in [3.8, 4) is 11.3 Å². The number of pyridine rings is 1. The summed E-state index contributed by atoms with van der Waals surface area (Å²) >= 11 is 0. The smallest absolute Gasteiger partial charge is 0.223 e. The predicted molar refractivity (Wildman–Crippen MR) is 114 cm³/mol. The van der Waals surface area contributed by atoms with E-state index in [1.165, 1.54) is 38.5 Å². The summed E-state index contributed by atoms with van der Waals surface area (Å²) in [5, 5.41) is 4.71. The molecule has 0 amide bonds. The Morgan fingerprint density at radius 2 is 1.89 bits per heavy atom. The van der Waals surface area contributed by atoms with E-state index in [0.717, 1.165) is 41.3 Å². The normalized spacial score (nSPS) is 15.8. The molecule has 0 unspecified atom stereocenters. The van der Waals surface area contributed by atoms with Crippen LogP contribution >= 0.6 is 0 Å². The average molecular weight is 379 g/mol. The lowest BCUT2D eigenvalue weighted by Crippen LogP contribution is -2.19. The molecule has 3 aromatic rings. The highest BCUT2D eigenvalue weighted by Crippen LogP contribution is 2.29. The van der Waals surface area contributed by atoms with Gasteiger partial charge in [-0.3, -0.25) is 0 Å². The Balaban J connectivity index is 1.62. The maximum atomic E-state index is 4.85. The third-order valence-corrected chi connectivity index (χ3v) is 5.54. The molecule has 0 aliphatic heterocycles. The van der Waals surface area contributed by atoms with Crippen molar-refractivity contribution in [3.63, 3.8) is 0 Å². The van der Waals surface area contributed by atoms with Gasteiger partial charge in [-0.2, -0.15) is 0 Å². The molecule has 0 radical (unpaired) electrons. The topological polar surface area (TPSA) is 58.9 Å². The number of hydrogen-bond acceptors (Lipinski definition) is 5. The second kappa shape index (κ2) is 8.69. The van der Waals surface area contributed by atoms with Gasteiger partial charge in [-0.15, -0.1) is 0 Å². The number of fused-ring (bicyclic) bond motifs is 1. The molecule has 1 fully saturated rings. The van der Waals surface area contributed by atoms with E-state index < -0.39 is 0 Å².